The van der Waals surface area contributed by atoms with Crippen molar-refractivity contribution < 1.29 is 9.53 Å². The van der Waals surface area contributed by atoms with E-state index in [1.807, 2.05) is 18.2 Å². The number of morpholine rings is 1. The minimum atomic E-state index is -0.0815. The third-order valence-electron chi connectivity index (χ3n) is 3.80. The summed E-state index contributed by atoms with van der Waals surface area (Å²) in [5.41, 5.74) is 6.79. The van der Waals surface area contributed by atoms with E-state index >= 15 is 0 Å². The van der Waals surface area contributed by atoms with Gasteiger partial charge in [0.1, 0.15) is 5.01 Å². The van der Waals surface area contributed by atoms with Crippen molar-refractivity contribution in [2.24, 2.45) is 0 Å². The molecular weight excluding hydrogens is 326 g/mol. The molecule has 0 saturated carbocycles. The van der Waals surface area contributed by atoms with E-state index in [1.54, 1.807) is 0 Å². The lowest BCUT2D eigenvalue weighted by molar-refractivity contribution is -0.126. The molecule has 3 N–H and O–H groups in total. The number of amides is 1. The van der Waals surface area contributed by atoms with E-state index in [2.05, 4.69) is 32.5 Å². The zero-order chi connectivity index (χ0) is 16.8. The SMILES string of the molecule is Nc1nnc(CNC(=O)CC2CN(Cc3ccccc3)CCO2)s1. The number of hydrogen-bond donors (Lipinski definition) is 2. The number of aromatic nitrogens is 2. The predicted octanol–water partition coefficient (Wildman–Crippen LogP) is 1.03. The van der Waals surface area contributed by atoms with Gasteiger partial charge in [-0.15, -0.1) is 10.2 Å². The summed E-state index contributed by atoms with van der Waals surface area (Å²) in [5, 5.41) is 11.6. The van der Waals surface area contributed by atoms with E-state index < -0.39 is 0 Å². The van der Waals surface area contributed by atoms with Gasteiger partial charge in [0.05, 0.1) is 25.7 Å². The molecule has 1 aromatic heterocycles. The van der Waals surface area contributed by atoms with E-state index in [-0.39, 0.29) is 12.0 Å². The van der Waals surface area contributed by atoms with Crippen LogP contribution in [0.2, 0.25) is 0 Å². The number of hydrogen-bond acceptors (Lipinski definition) is 7. The van der Waals surface area contributed by atoms with Gasteiger partial charge in [-0.3, -0.25) is 9.69 Å². The topological polar surface area (TPSA) is 93.4 Å². The number of carbonyl (C=O) groups is 1. The Balaban J connectivity index is 1.43. The standard InChI is InChI=1S/C16H21N5O2S/c17-16-20-19-15(24-16)9-18-14(22)8-13-11-21(6-7-23-13)10-12-4-2-1-3-5-12/h1-5,13H,6-11H2,(H2,17,20)(H,18,22). The van der Waals surface area contributed by atoms with Crippen molar-refractivity contribution in [2.75, 3.05) is 25.4 Å². The van der Waals surface area contributed by atoms with Crippen LogP contribution in [0, 0.1) is 0 Å². The number of ether oxygens (including phenoxy) is 1. The summed E-state index contributed by atoms with van der Waals surface area (Å²) in [4.78, 5) is 14.4. The molecule has 0 aliphatic carbocycles. The number of nitrogens with zero attached hydrogens (tertiary/aromatic N) is 3. The molecule has 1 fully saturated rings. The fourth-order valence-corrected chi connectivity index (χ4v) is 3.23. The lowest BCUT2D eigenvalue weighted by Gasteiger charge is -2.32. The molecule has 1 aliphatic rings. The van der Waals surface area contributed by atoms with Crippen LogP contribution < -0.4 is 11.1 Å². The van der Waals surface area contributed by atoms with Gasteiger partial charge in [-0.05, 0) is 5.56 Å². The molecule has 0 spiro atoms. The van der Waals surface area contributed by atoms with Crippen molar-refractivity contribution in [3.05, 3.63) is 40.9 Å². The van der Waals surface area contributed by atoms with Crippen molar-refractivity contribution in [3.63, 3.8) is 0 Å². The Kier molecular flexibility index (Phi) is 5.73. The molecule has 1 atom stereocenters. The number of anilines is 1. The molecule has 0 bridgehead atoms. The van der Waals surface area contributed by atoms with Crippen LogP contribution in [0.4, 0.5) is 5.13 Å². The maximum absolute atomic E-state index is 12.1. The van der Waals surface area contributed by atoms with E-state index in [0.29, 0.717) is 29.7 Å². The van der Waals surface area contributed by atoms with Gasteiger partial charge in [-0.1, -0.05) is 41.7 Å². The monoisotopic (exact) mass is 347 g/mol. The van der Waals surface area contributed by atoms with Gasteiger partial charge in [0.15, 0.2) is 0 Å². The first-order valence-corrected chi connectivity index (χ1v) is 8.73. The Morgan fingerprint density at radius 1 is 1.38 bits per heavy atom. The van der Waals surface area contributed by atoms with Crippen LogP contribution in [0.25, 0.3) is 0 Å². The fraction of sp³-hybridized carbons (Fsp3) is 0.438. The van der Waals surface area contributed by atoms with Crippen LogP contribution in [0.15, 0.2) is 30.3 Å². The molecule has 0 radical (unpaired) electrons. The van der Waals surface area contributed by atoms with Crippen LogP contribution >= 0.6 is 11.3 Å². The maximum Gasteiger partial charge on any atom is 0.223 e. The van der Waals surface area contributed by atoms with Gasteiger partial charge in [-0.25, -0.2) is 0 Å². The average Bonchev–Trinajstić information content (AvgIpc) is 3.00. The molecule has 1 unspecified atom stereocenters. The molecular formula is C16H21N5O2S. The fourth-order valence-electron chi connectivity index (χ4n) is 2.68. The largest absolute Gasteiger partial charge is 0.375 e. The highest BCUT2D eigenvalue weighted by atomic mass is 32.1. The summed E-state index contributed by atoms with van der Waals surface area (Å²) in [6.07, 6.45) is 0.265. The third-order valence-corrected chi connectivity index (χ3v) is 4.56. The highest BCUT2D eigenvalue weighted by Gasteiger charge is 2.23. The predicted molar refractivity (Wildman–Crippen MR) is 92.2 cm³/mol. The van der Waals surface area contributed by atoms with Gasteiger partial charge >= 0.3 is 0 Å². The van der Waals surface area contributed by atoms with Crippen molar-refractivity contribution in [1.82, 2.24) is 20.4 Å². The summed E-state index contributed by atoms with van der Waals surface area (Å²) in [7, 11) is 0. The number of nitrogens with two attached hydrogens (primary N) is 1. The Morgan fingerprint density at radius 3 is 2.96 bits per heavy atom. The molecule has 128 valence electrons. The smallest absolute Gasteiger partial charge is 0.223 e. The summed E-state index contributed by atoms with van der Waals surface area (Å²) in [6, 6.07) is 10.3. The summed E-state index contributed by atoms with van der Waals surface area (Å²) in [5.74, 6) is -0.0460. The zero-order valence-electron chi connectivity index (χ0n) is 13.4. The maximum atomic E-state index is 12.1. The quantitative estimate of drug-likeness (QED) is 0.811. The molecule has 8 heteroatoms. The van der Waals surface area contributed by atoms with E-state index in [4.69, 9.17) is 10.5 Å². The first kappa shape index (κ1) is 16.8. The number of nitrogen functional groups attached to an aromatic ring is 1. The number of carbonyl (C=O) groups excluding carboxylic acids is 1. The summed E-state index contributed by atoms with van der Waals surface area (Å²) < 4.78 is 5.72. The highest BCUT2D eigenvalue weighted by molar-refractivity contribution is 7.15. The van der Waals surface area contributed by atoms with Crippen LogP contribution in [0.1, 0.15) is 17.0 Å². The minimum Gasteiger partial charge on any atom is -0.375 e. The van der Waals surface area contributed by atoms with E-state index in [0.717, 1.165) is 19.6 Å². The second kappa shape index (κ2) is 8.18. The average molecular weight is 347 g/mol. The Bertz CT molecular complexity index is 663. The molecule has 1 saturated heterocycles. The molecule has 2 heterocycles. The van der Waals surface area contributed by atoms with Gasteiger partial charge in [-0.2, -0.15) is 0 Å². The van der Waals surface area contributed by atoms with E-state index in [9.17, 15) is 4.79 Å². The lowest BCUT2D eigenvalue weighted by Crippen LogP contribution is -2.44. The number of nitrogens with one attached hydrogen (secondary N) is 1. The van der Waals surface area contributed by atoms with Gasteiger partial charge < -0.3 is 15.8 Å². The molecule has 1 aliphatic heterocycles. The summed E-state index contributed by atoms with van der Waals surface area (Å²) >= 11 is 1.28. The highest BCUT2D eigenvalue weighted by Crippen LogP contribution is 2.13. The van der Waals surface area contributed by atoms with E-state index in [1.165, 1.54) is 16.9 Å². The van der Waals surface area contributed by atoms with Crippen LogP contribution in [-0.2, 0) is 22.6 Å². The van der Waals surface area contributed by atoms with Gasteiger partial charge in [0.2, 0.25) is 11.0 Å². The molecule has 3 rings (SSSR count). The molecule has 1 amide bonds. The van der Waals surface area contributed by atoms with Crippen molar-refractivity contribution >= 4 is 22.4 Å². The van der Waals surface area contributed by atoms with Crippen molar-refractivity contribution in [2.45, 2.75) is 25.6 Å². The second-order valence-corrected chi connectivity index (χ2v) is 6.82. The molecule has 1 aromatic carbocycles. The van der Waals surface area contributed by atoms with Crippen LogP contribution in [-0.4, -0.2) is 46.8 Å². The third kappa shape index (κ3) is 4.98. The zero-order valence-corrected chi connectivity index (χ0v) is 14.2. The van der Waals surface area contributed by atoms with Gasteiger partial charge in [0, 0.05) is 19.6 Å². The lowest BCUT2D eigenvalue weighted by atomic mass is 10.1. The molecule has 24 heavy (non-hydrogen) atoms. The Morgan fingerprint density at radius 2 is 2.21 bits per heavy atom. The van der Waals surface area contributed by atoms with Crippen LogP contribution in [0.5, 0.6) is 0 Å². The number of rotatable bonds is 6. The molecule has 7 nitrogen and oxygen atoms in total. The van der Waals surface area contributed by atoms with Crippen molar-refractivity contribution in [1.29, 1.82) is 0 Å². The van der Waals surface area contributed by atoms with Crippen molar-refractivity contribution in [3.8, 4) is 0 Å². The van der Waals surface area contributed by atoms with Crippen LogP contribution in [0.3, 0.4) is 0 Å². The first-order valence-electron chi connectivity index (χ1n) is 7.91. The first-order chi connectivity index (χ1) is 11.7. The van der Waals surface area contributed by atoms with Gasteiger partial charge in [0.25, 0.3) is 0 Å². The minimum absolute atomic E-state index is 0.0460. The Labute approximate surface area is 144 Å². The Hall–Kier alpha value is -2.03. The second-order valence-electron chi connectivity index (χ2n) is 5.73. The number of benzene rings is 1. The normalized spacial score (nSPS) is 18.4. The summed E-state index contributed by atoms with van der Waals surface area (Å²) in [6.45, 7) is 3.53. The molecule has 2 aromatic rings.